The van der Waals surface area contributed by atoms with Gasteiger partial charge < -0.3 is 72.0 Å². The number of nitriles is 3. The molecule has 16 rings (SSSR count). The molecule has 10 heterocycles. The molecule has 4 saturated heterocycles. The zero-order chi connectivity index (χ0) is 81.1. The lowest BCUT2D eigenvalue weighted by molar-refractivity contribution is 0.00578. The minimum absolute atomic E-state index is 0. The van der Waals surface area contributed by atoms with Crippen molar-refractivity contribution < 1.29 is 70.5 Å². The first kappa shape index (κ1) is 83.1. The molecule has 6 aromatic heterocycles. The SMILES string of the molecule is C.CC1(C)OB(c2ccc(NC3CCOCC3)c(C#N)c2)OC1(C)C.COc1cc(C(=O)O)ccc1-c1cc2nccc(-c3ccc(NC4CCOCC4)c(C#N)c3)c2o1.COc1cc(C(C)=O)ccc1-c1cc2nccc(-c3ccc(NC4CCOCC4)c(C#N)c3)c2o1.COc1cc(C(C)=O)ccc1-c1cc2nccc(Cl)c2o1. The van der Waals surface area contributed by atoms with Crippen LogP contribution in [0, 0.1) is 34.0 Å². The van der Waals surface area contributed by atoms with Gasteiger partial charge in [0.2, 0.25) is 0 Å². The van der Waals surface area contributed by atoms with Crippen molar-refractivity contribution in [3.05, 3.63) is 203 Å². The van der Waals surface area contributed by atoms with Crippen LogP contribution < -0.4 is 35.6 Å². The highest BCUT2D eigenvalue weighted by Crippen LogP contribution is 2.43. The van der Waals surface area contributed by atoms with Crippen molar-refractivity contribution in [2.75, 3.05) is 76.9 Å². The summed E-state index contributed by atoms with van der Waals surface area (Å²) >= 11 is 6.09. The van der Waals surface area contributed by atoms with Crippen molar-refractivity contribution in [1.82, 2.24) is 15.0 Å². The van der Waals surface area contributed by atoms with Gasteiger partial charge in [-0.15, -0.1) is 0 Å². The molecule has 26 heteroatoms. The maximum Gasteiger partial charge on any atom is 0.494 e. The summed E-state index contributed by atoms with van der Waals surface area (Å²) in [5.74, 6) is 2.11. The molecule has 4 fully saturated rings. The van der Waals surface area contributed by atoms with E-state index in [1.54, 1.807) is 87.4 Å². The lowest BCUT2D eigenvalue weighted by Gasteiger charge is -2.32. The third-order valence-corrected chi connectivity index (χ3v) is 21.3. The van der Waals surface area contributed by atoms with Crippen LogP contribution in [0.5, 0.6) is 17.2 Å². The second kappa shape index (κ2) is 36.8. The summed E-state index contributed by atoms with van der Waals surface area (Å²) < 4.78 is 62.9. The summed E-state index contributed by atoms with van der Waals surface area (Å²) in [6.45, 7) is 15.6. The summed E-state index contributed by atoms with van der Waals surface area (Å²) in [4.78, 5) is 47.7. The van der Waals surface area contributed by atoms with Gasteiger partial charge in [-0.2, -0.15) is 15.8 Å². The first-order chi connectivity index (χ1) is 55.6. The monoisotopic (exact) mass is 1580 g/mol. The number of methoxy groups -OCH3 is 3. The Morgan fingerprint density at radius 2 is 0.802 bits per heavy atom. The third kappa shape index (κ3) is 18.7. The molecule has 594 valence electrons. The van der Waals surface area contributed by atoms with Crippen molar-refractivity contribution in [3.63, 3.8) is 0 Å². The fourth-order valence-electron chi connectivity index (χ4n) is 13.8. The normalized spacial score (nSPS) is 15.1. The van der Waals surface area contributed by atoms with Crippen LogP contribution in [0.25, 0.3) is 89.5 Å². The molecular formula is C90H89BClN9O15. The molecule has 0 atom stereocenters. The standard InChI is InChI=1S/C28H25N3O4.C27H23N3O5.C18H25BN2O3.C16H12ClNO3.CH4/c1-17(32)18-3-5-23(26(14-18)33-2)27-15-25-28(35-27)22(7-10-30-25)19-4-6-24(20(13-19)16-29)31-21-8-11-34-12-9-21;1-33-24-13-17(27(31)32)2-4-21(24)25-14-23-26(35-25)20(6-9-29-23)16-3-5-22(18(12-16)15-28)30-19-7-10-34-11-8-19;1-17(2)18(3,4)24-19(23-17)14-5-6-16(13(11-14)12-20)21-15-7-9-22-10-8-15;1-9(19)10-3-4-11(14(7-10)20-2)15-8-13-16(21-15)12(17)5-6-18-13;/h3-7,10,13-15,21,31H,8-9,11-12H2,1-2H3;2-6,9,12-14,19,30H,7-8,10-11H2,1H3,(H,31,32);5-6,11,15,21H,7-10H2,1-4H3;3-8H,1-2H3;1H4. The number of hydrogen-bond donors (Lipinski definition) is 4. The second-order valence-corrected chi connectivity index (χ2v) is 29.4. The molecule has 4 aliphatic heterocycles. The van der Waals surface area contributed by atoms with Gasteiger partial charge in [-0.1, -0.05) is 49.4 Å². The number of aromatic carboxylic acids is 1. The van der Waals surface area contributed by atoms with E-state index in [0.29, 0.717) is 118 Å². The van der Waals surface area contributed by atoms with E-state index in [4.69, 9.17) is 62.6 Å². The topological polar surface area (TPSA) is 331 Å². The Balaban J connectivity index is 0.000000145. The molecule has 0 saturated carbocycles. The number of halogens is 1. The molecule has 0 aliphatic carbocycles. The van der Waals surface area contributed by atoms with Crippen LogP contribution in [-0.4, -0.2) is 135 Å². The largest absolute Gasteiger partial charge is 0.496 e. The van der Waals surface area contributed by atoms with Crippen LogP contribution in [0.4, 0.5) is 17.1 Å². The fourth-order valence-corrected chi connectivity index (χ4v) is 14.0. The quantitative estimate of drug-likeness (QED) is 0.0458. The van der Waals surface area contributed by atoms with Gasteiger partial charge in [0.25, 0.3) is 0 Å². The Morgan fingerprint density at radius 3 is 1.16 bits per heavy atom. The Hall–Kier alpha value is -12.4. The van der Waals surface area contributed by atoms with Crippen LogP contribution >= 0.6 is 11.6 Å². The number of carbonyl (C=O) groups excluding carboxylic acids is 2. The van der Waals surface area contributed by atoms with Gasteiger partial charge in [0.1, 0.15) is 69.3 Å². The summed E-state index contributed by atoms with van der Waals surface area (Å²) in [5.41, 5.74) is 14.8. The van der Waals surface area contributed by atoms with E-state index >= 15 is 0 Å². The number of fused-ring (bicyclic) bond motifs is 3. The number of benzene rings is 6. The highest BCUT2D eigenvalue weighted by molar-refractivity contribution is 6.62. The van der Waals surface area contributed by atoms with Gasteiger partial charge in [-0.05, 0) is 194 Å². The highest BCUT2D eigenvalue weighted by atomic mass is 35.5. The van der Waals surface area contributed by atoms with Gasteiger partial charge in [0.05, 0.1) is 93.6 Å². The van der Waals surface area contributed by atoms with E-state index in [2.05, 4.69) is 49.1 Å². The Bertz CT molecular complexity index is 5500. The summed E-state index contributed by atoms with van der Waals surface area (Å²) in [7, 11) is 4.15. The molecule has 6 aromatic carbocycles. The van der Waals surface area contributed by atoms with E-state index < -0.39 is 13.1 Å². The average molecular weight is 1580 g/mol. The van der Waals surface area contributed by atoms with E-state index in [1.807, 2.05) is 107 Å². The molecule has 116 heavy (non-hydrogen) atoms. The maximum atomic E-state index is 11.8. The average Bonchev–Trinajstić information content (AvgIpc) is 1.62. The number of pyridine rings is 3. The number of anilines is 3. The third-order valence-electron chi connectivity index (χ3n) is 21.0. The Kier molecular flexibility index (Phi) is 26.4. The summed E-state index contributed by atoms with van der Waals surface area (Å²) in [5, 5.41) is 49.3. The van der Waals surface area contributed by atoms with Crippen molar-refractivity contribution in [3.8, 4) is 91.7 Å². The van der Waals surface area contributed by atoms with Crippen molar-refractivity contribution in [1.29, 1.82) is 15.8 Å². The second-order valence-electron chi connectivity index (χ2n) is 29.0. The smallest absolute Gasteiger partial charge is 0.494 e. The molecule has 12 aromatic rings. The molecule has 0 spiro atoms. The van der Waals surface area contributed by atoms with E-state index in [0.717, 1.165) is 134 Å². The van der Waals surface area contributed by atoms with Crippen molar-refractivity contribution in [2.24, 2.45) is 0 Å². The molecule has 0 bridgehead atoms. The first-order valence-corrected chi connectivity index (χ1v) is 38.1. The van der Waals surface area contributed by atoms with E-state index in [1.165, 1.54) is 33.1 Å². The maximum absolute atomic E-state index is 11.8. The van der Waals surface area contributed by atoms with E-state index in [9.17, 15) is 35.3 Å². The molecule has 0 unspecified atom stereocenters. The molecule has 0 amide bonds. The van der Waals surface area contributed by atoms with Gasteiger partial charge in [-0.3, -0.25) is 24.5 Å². The number of carbonyl (C=O) groups is 3. The summed E-state index contributed by atoms with van der Waals surface area (Å²) in [6, 6.07) is 51.2. The number of carboxylic acid groups (broad SMARTS) is 1. The number of ether oxygens (including phenoxy) is 6. The van der Waals surface area contributed by atoms with Gasteiger partial charge in [-0.25, -0.2) is 4.79 Å². The molecule has 4 aliphatic rings. The van der Waals surface area contributed by atoms with Crippen molar-refractivity contribution >= 4 is 92.1 Å². The minimum atomic E-state index is -1.04. The summed E-state index contributed by atoms with van der Waals surface area (Å²) in [6.07, 6.45) is 10.6. The van der Waals surface area contributed by atoms with Gasteiger partial charge in [0, 0.05) is 117 Å². The van der Waals surface area contributed by atoms with Crippen LogP contribution in [0.15, 0.2) is 177 Å². The number of carboxylic acids is 1. The van der Waals surface area contributed by atoms with Crippen LogP contribution in [0.3, 0.4) is 0 Å². The van der Waals surface area contributed by atoms with E-state index in [-0.39, 0.29) is 41.8 Å². The van der Waals surface area contributed by atoms with Crippen LogP contribution in [-0.2, 0) is 23.5 Å². The molecule has 0 radical (unpaired) electrons. The van der Waals surface area contributed by atoms with Gasteiger partial charge in [0.15, 0.2) is 28.3 Å². The van der Waals surface area contributed by atoms with Crippen LogP contribution in [0.2, 0.25) is 5.02 Å². The number of hydrogen-bond acceptors (Lipinski definition) is 23. The Morgan fingerprint density at radius 1 is 0.457 bits per heavy atom. The number of furan rings is 3. The lowest BCUT2D eigenvalue weighted by Crippen LogP contribution is -2.41. The minimum Gasteiger partial charge on any atom is -0.496 e. The number of aromatic nitrogens is 3. The zero-order valence-corrected chi connectivity index (χ0v) is 65.9. The number of Topliss-reactive ketones (excluding diaryl/α,β-unsaturated/α-hetero) is 2. The number of ketones is 2. The predicted octanol–water partition coefficient (Wildman–Crippen LogP) is 18.6. The molecule has 24 nitrogen and oxygen atoms in total. The zero-order valence-electron chi connectivity index (χ0n) is 65.1. The van der Waals surface area contributed by atoms with Crippen molar-refractivity contribution in [2.45, 2.75) is 117 Å². The first-order valence-electron chi connectivity index (χ1n) is 37.7. The lowest BCUT2D eigenvalue weighted by atomic mass is 9.78. The number of nitrogens with zero attached hydrogens (tertiary/aromatic N) is 6. The fraction of sp³-hybridized carbons (Fsp3) is 0.300. The number of rotatable bonds is 18. The predicted molar refractivity (Wildman–Crippen MR) is 446 cm³/mol. The molecular weight excluding hydrogens is 1490 g/mol. The number of nitrogens with one attached hydrogen (secondary N) is 3. The molecule has 4 N–H and O–H groups in total. The van der Waals surface area contributed by atoms with Gasteiger partial charge >= 0.3 is 13.1 Å². The Labute approximate surface area is 677 Å². The highest BCUT2D eigenvalue weighted by Gasteiger charge is 2.52. The van der Waals surface area contributed by atoms with Crippen LogP contribution in [0.1, 0.15) is 135 Å².